The van der Waals surface area contributed by atoms with Gasteiger partial charge in [0.15, 0.2) is 34.1 Å². The molecule has 0 bridgehead atoms. The number of piperidine rings is 2. The van der Waals surface area contributed by atoms with E-state index in [9.17, 15) is 54.6 Å². The van der Waals surface area contributed by atoms with Crippen molar-refractivity contribution in [1.82, 2.24) is 28.7 Å². The fraction of sp³-hybridized carbons (Fsp3) is 0.317. The maximum Gasteiger partial charge on any atom is 0.416 e. The van der Waals surface area contributed by atoms with Crippen LogP contribution in [-0.4, -0.2) is 119 Å². The summed E-state index contributed by atoms with van der Waals surface area (Å²) in [6, 6.07) is 20.5. The van der Waals surface area contributed by atoms with Crippen LogP contribution in [0.25, 0.3) is 44.1 Å². The molecule has 2 aromatic heterocycles. The smallest absolute Gasteiger partial charge is 0.383 e. The average Bonchev–Trinajstić information content (AvgIpc) is 0.737. The Labute approximate surface area is 641 Å². The Morgan fingerprint density at radius 2 is 0.877 bits per heavy atom. The number of aromatic nitrogens is 2. The second kappa shape index (κ2) is 35.1. The summed E-state index contributed by atoms with van der Waals surface area (Å²) < 4.78 is 307. The molecule has 0 unspecified atom stereocenters. The average molecular weight is 1520 g/mol. The van der Waals surface area contributed by atoms with Gasteiger partial charge in [0, 0.05) is 127 Å². The van der Waals surface area contributed by atoms with Crippen LogP contribution >= 0.6 is 23.5 Å². The van der Waals surface area contributed by atoms with E-state index in [0.29, 0.717) is 54.3 Å². The van der Waals surface area contributed by atoms with Crippen molar-refractivity contribution < 1.29 is 87.6 Å². The molecule has 2 saturated heterocycles. The van der Waals surface area contributed by atoms with Gasteiger partial charge in [-0.15, -0.1) is 23.5 Å². The number of amides is 2. The number of pyridine rings is 2. The first-order valence-electron chi connectivity index (χ1n) is 42.1. The molecule has 8 aromatic carbocycles. The standard InChI is InChI=1S/2C41H40F5N3O3S/c2*1-27-6-15-36-34(22-27)37(50)23-39(53-26-31-4-3-5-35(42)40(31)43)49(36)25-38(51)48(33-16-18-47(19-17-33)20-21-52-2)24-28-7-9-29(10-8-28)30-11-13-32(14-12-30)41(44,45)46/h2*3-15,22-23,33H,16-21,24-26H2,1-2H3/i6D,15D,21D2,22D,23D,25D2,26D2;6D,15D,21D2,22D,23D,25D2. The minimum absolute atomic E-state index is 0.0881. The van der Waals surface area contributed by atoms with Crippen LogP contribution in [0.3, 0.4) is 0 Å². The fourth-order valence-corrected chi connectivity index (χ4v) is 13.7. The van der Waals surface area contributed by atoms with Crippen LogP contribution in [0.2, 0.25) is 0 Å². The molecule has 0 radical (unpaired) electrons. The van der Waals surface area contributed by atoms with Crippen molar-refractivity contribution in [1.29, 1.82) is 0 Å². The number of alkyl halides is 6. The minimum Gasteiger partial charge on any atom is -0.383 e. The summed E-state index contributed by atoms with van der Waals surface area (Å²) >= 11 is 0.447. The van der Waals surface area contributed by atoms with Crippen LogP contribution in [0, 0.1) is 37.1 Å². The Kier molecular flexibility index (Phi) is 18.9. The van der Waals surface area contributed by atoms with E-state index in [1.165, 1.54) is 74.3 Å². The van der Waals surface area contributed by atoms with Gasteiger partial charge in [0.25, 0.3) is 0 Å². The van der Waals surface area contributed by atoms with E-state index in [2.05, 4.69) is 0 Å². The van der Waals surface area contributed by atoms with Gasteiger partial charge in [0.1, 0.15) is 13.0 Å². The van der Waals surface area contributed by atoms with E-state index in [-0.39, 0.29) is 106 Å². The lowest BCUT2D eigenvalue weighted by Crippen LogP contribution is -2.48. The van der Waals surface area contributed by atoms with Crippen LogP contribution in [-0.2, 0) is 69.0 Å². The summed E-state index contributed by atoms with van der Waals surface area (Å²) in [6.07, 6.45) is -8.27. The highest BCUT2D eigenvalue weighted by molar-refractivity contribution is 7.98. The van der Waals surface area contributed by atoms with Gasteiger partial charge in [-0.2, -0.15) is 26.3 Å². The first kappa shape index (κ1) is 57.2. The van der Waals surface area contributed by atoms with Crippen molar-refractivity contribution >= 4 is 57.1 Å². The first-order chi connectivity index (χ1) is 57.9. The number of methoxy groups -OCH3 is 2. The topological polar surface area (TPSA) is 110 Å². The molecule has 2 amide bonds. The number of likely N-dealkylation sites (tertiary alicyclic amines) is 2. The predicted octanol–water partition coefficient (Wildman–Crippen LogP) is 17.4. The molecule has 2 aliphatic rings. The van der Waals surface area contributed by atoms with E-state index < -0.39 is 205 Å². The quantitative estimate of drug-likeness (QED) is 0.0428. The fourth-order valence-electron chi connectivity index (χ4n) is 12.0. The summed E-state index contributed by atoms with van der Waals surface area (Å²) in [5.74, 6) is -8.44. The van der Waals surface area contributed by atoms with Crippen LogP contribution < -0.4 is 10.9 Å². The minimum atomic E-state index is -4.54. The summed E-state index contributed by atoms with van der Waals surface area (Å²) in [6.45, 7) is -7.91. The van der Waals surface area contributed by atoms with Crippen molar-refractivity contribution in [3.8, 4) is 22.3 Å². The lowest BCUT2D eigenvalue weighted by Gasteiger charge is -2.39. The Bertz CT molecular complexity index is 5830. The number of hydrogen-bond acceptors (Lipinski definition) is 10. The molecule has 12 rings (SSSR count). The van der Waals surface area contributed by atoms with Gasteiger partial charge in [-0.05, 0) is 133 Å². The summed E-state index contributed by atoms with van der Waals surface area (Å²) in [7, 11) is 2.45. The Morgan fingerprint density at radius 3 is 1.26 bits per heavy atom. The maximum atomic E-state index is 15.1. The number of nitrogens with zero attached hydrogens (tertiary/aromatic N) is 6. The summed E-state index contributed by atoms with van der Waals surface area (Å²) in [4.78, 5) is 63.9. The van der Waals surface area contributed by atoms with Crippen molar-refractivity contribution in [3.05, 3.63) is 270 Å². The van der Waals surface area contributed by atoms with Crippen molar-refractivity contribution in [2.24, 2.45) is 0 Å². The number of carbonyl (C=O) groups is 2. The van der Waals surface area contributed by atoms with E-state index >= 15 is 14.0 Å². The number of hydrogen-bond donors (Lipinski definition) is 0. The zero-order valence-electron chi connectivity index (χ0n) is 75.3. The van der Waals surface area contributed by atoms with E-state index in [0.717, 1.165) is 48.5 Å². The van der Waals surface area contributed by atoms with Gasteiger partial charge >= 0.3 is 12.4 Å². The lowest BCUT2D eigenvalue weighted by molar-refractivity contribution is -0.138. The molecule has 0 aliphatic carbocycles. The third-order valence-corrected chi connectivity index (χ3v) is 19.5. The monoisotopic (exact) mass is 1520 g/mol. The summed E-state index contributed by atoms with van der Waals surface area (Å²) in [5.41, 5.74) is -6.93. The van der Waals surface area contributed by atoms with Crippen LogP contribution in [0.4, 0.5) is 43.9 Å². The number of benzene rings is 8. The second-order valence-corrected chi connectivity index (χ2v) is 26.5. The number of rotatable bonds is 24. The molecule has 106 heavy (non-hydrogen) atoms. The van der Waals surface area contributed by atoms with Crippen LogP contribution in [0.1, 0.15) is 94.9 Å². The Morgan fingerprint density at radius 1 is 0.509 bits per heavy atom. The van der Waals surface area contributed by atoms with E-state index in [1.807, 2.05) is 0 Å². The zero-order valence-corrected chi connectivity index (χ0v) is 58.9. The van der Waals surface area contributed by atoms with Crippen molar-refractivity contribution in [2.75, 3.05) is 66.6 Å². The Hall–Kier alpha value is -9.04. The van der Waals surface area contributed by atoms with Crippen LogP contribution in [0.15, 0.2) is 201 Å². The number of ether oxygens (including phenoxy) is 2. The molecule has 24 heteroatoms. The van der Waals surface area contributed by atoms with Crippen LogP contribution in [0.5, 0.6) is 0 Å². The molecule has 556 valence electrons. The van der Waals surface area contributed by atoms with Crippen molar-refractivity contribution in [3.63, 3.8) is 0 Å². The highest BCUT2D eigenvalue weighted by Crippen LogP contribution is 2.36. The molecular formula is C82H80F10N6O6S2. The van der Waals surface area contributed by atoms with E-state index in [1.54, 1.807) is 58.3 Å². The third kappa shape index (κ3) is 19.6. The molecule has 2 fully saturated rings. The zero-order chi connectivity index (χ0) is 91.3. The van der Waals surface area contributed by atoms with E-state index in [4.69, 9.17) is 28.7 Å². The number of fused-ring (bicyclic) bond motifs is 2. The number of halogens is 10. The number of carbonyl (C=O) groups excluding carboxylic acids is 2. The molecular weight excluding hydrogens is 1420 g/mol. The molecule has 0 N–H and O–H groups in total. The Balaban J connectivity index is 0.000000241. The third-order valence-electron chi connectivity index (χ3n) is 17.7. The molecule has 4 heterocycles. The SMILES string of the molecule is [2H]c1c(C)c([2H])c2c(=O)c([2H])c(SC([2H])([2H])c3cccc(F)c3F)n(C([2H])([2H])C(=O)N(Cc3ccc(-c4ccc(C(F)(F)F)cc4)cc3)C3CCN(CC([2H])([2H])OC)CC3)c2c1[2H].[2H]c1c(C)c([2H])c2c(=O)c([2H])c(SCc3cccc(F)c3F)n(C([2H])([2H])C(=O)N(Cc3ccc(-c4ccc(C(F)(F)F)cc4)cc3)C3CCN(CC([2H])([2H])OC)CC3)c2c1[2H]. The number of thioether (sulfide) groups is 2. The normalized spacial score (nSPS) is 17.3. The molecule has 12 nitrogen and oxygen atoms in total. The highest BCUT2D eigenvalue weighted by atomic mass is 32.2. The second-order valence-electron chi connectivity index (χ2n) is 24.8. The van der Waals surface area contributed by atoms with Gasteiger partial charge in [-0.1, -0.05) is 120 Å². The van der Waals surface area contributed by atoms with Gasteiger partial charge in [0.2, 0.25) is 11.8 Å². The maximum absolute atomic E-state index is 15.1. The summed E-state index contributed by atoms with van der Waals surface area (Å²) in [5, 5.41) is -2.74. The van der Waals surface area contributed by atoms with Gasteiger partial charge in [-0.25, -0.2) is 17.6 Å². The predicted molar refractivity (Wildman–Crippen MR) is 395 cm³/mol. The molecule has 0 saturated carbocycles. The molecule has 0 atom stereocenters. The first-order valence-corrected chi connectivity index (χ1v) is 34.9. The van der Waals surface area contributed by atoms with Gasteiger partial charge in [0.05, 0.1) is 67.3 Å². The molecule has 0 spiro atoms. The largest absolute Gasteiger partial charge is 0.416 e. The highest BCUT2D eigenvalue weighted by Gasteiger charge is 2.34. The molecule has 10 aromatic rings. The van der Waals surface area contributed by atoms with Gasteiger partial charge < -0.3 is 38.2 Å². The lowest BCUT2D eigenvalue weighted by atomic mass is 10.00. The van der Waals surface area contributed by atoms with Crippen molar-refractivity contribution in [2.45, 2.75) is 112 Å². The van der Waals surface area contributed by atoms with Gasteiger partial charge in [-0.3, -0.25) is 19.2 Å². The molecule has 2 aliphatic heterocycles.